The molecule has 3 rings (SSSR count). The summed E-state index contributed by atoms with van der Waals surface area (Å²) < 4.78 is 0. The summed E-state index contributed by atoms with van der Waals surface area (Å²) in [5.74, 6) is 1.73. The smallest absolute Gasteiger partial charge is 0.128 e. The Morgan fingerprint density at radius 1 is 1.22 bits per heavy atom. The largest absolute Gasteiger partial charge is 0.354 e. The van der Waals surface area contributed by atoms with Crippen molar-refractivity contribution in [1.82, 2.24) is 9.88 Å². The van der Waals surface area contributed by atoms with Crippen LogP contribution in [0, 0.1) is 0 Å². The topological polar surface area (TPSA) is 19.4 Å². The highest BCUT2D eigenvalue weighted by Crippen LogP contribution is 2.25. The molecule has 98 valence electrons. The lowest BCUT2D eigenvalue weighted by molar-refractivity contribution is 0.230. The number of piperazine rings is 1. The van der Waals surface area contributed by atoms with Crippen molar-refractivity contribution in [2.75, 3.05) is 31.1 Å². The number of hydrogen-bond donors (Lipinski definition) is 0. The van der Waals surface area contributed by atoms with Gasteiger partial charge in [0.1, 0.15) is 5.82 Å². The third kappa shape index (κ3) is 2.24. The molecule has 3 heteroatoms. The molecule has 3 heterocycles. The Bertz CT molecular complexity index is 399. The number of fused-ring (bicyclic) bond motifs is 1. The van der Waals surface area contributed by atoms with E-state index in [1.165, 1.54) is 31.5 Å². The van der Waals surface area contributed by atoms with Crippen molar-refractivity contribution in [3.05, 3.63) is 23.9 Å². The van der Waals surface area contributed by atoms with Gasteiger partial charge in [0.05, 0.1) is 0 Å². The van der Waals surface area contributed by atoms with E-state index < -0.39 is 0 Å². The molecule has 18 heavy (non-hydrogen) atoms. The summed E-state index contributed by atoms with van der Waals surface area (Å²) in [4.78, 5) is 9.74. The van der Waals surface area contributed by atoms with Crippen LogP contribution in [0.15, 0.2) is 18.3 Å². The van der Waals surface area contributed by atoms with Crippen LogP contribution >= 0.6 is 0 Å². The molecule has 2 aliphatic heterocycles. The third-order valence-electron chi connectivity index (χ3n) is 4.35. The van der Waals surface area contributed by atoms with Gasteiger partial charge in [0.2, 0.25) is 0 Å². The highest BCUT2D eigenvalue weighted by atomic mass is 15.3. The lowest BCUT2D eigenvalue weighted by Crippen LogP contribution is -2.50. The van der Waals surface area contributed by atoms with E-state index in [1.807, 2.05) is 6.20 Å². The molecule has 2 saturated heterocycles. The average molecular weight is 245 g/mol. The lowest BCUT2D eigenvalue weighted by atomic mass is 10.1. The van der Waals surface area contributed by atoms with Gasteiger partial charge in [-0.3, -0.25) is 4.90 Å². The predicted octanol–water partition coefficient (Wildman–Crippen LogP) is 2.49. The number of pyridine rings is 1. The Morgan fingerprint density at radius 3 is 2.83 bits per heavy atom. The molecule has 1 aromatic heterocycles. The molecule has 0 aliphatic carbocycles. The highest BCUT2D eigenvalue weighted by Gasteiger charge is 2.30. The lowest BCUT2D eigenvalue weighted by Gasteiger charge is -2.38. The summed E-state index contributed by atoms with van der Waals surface area (Å²) in [6, 6.07) is 5.19. The zero-order valence-corrected chi connectivity index (χ0v) is 11.5. The second-order valence-corrected chi connectivity index (χ2v) is 5.88. The van der Waals surface area contributed by atoms with E-state index in [0.29, 0.717) is 5.92 Å². The van der Waals surface area contributed by atoms with E-state index in [9.17, 15) is 0 Å². The van der Waals surface area contributed by atoms with Crippen LogP contribution in [0.1, 0.15) is 38.2 Å². The minimum atomic E-state index is 0.568. The molecule has 0 spiro atoms. The first-order valence-corrected chi connectivity index (χ1v) is 7.19. The SMILES string of the molecule is CC(C)c1ccc(N2CCN3CCC[C@@H]3C2)nc1. The highest BCUT2D eigenvalue weighted by molar-refractivity contribution is 5.40. The van der Waals surface area contributed by atoms with E-state index in [0.717, 1.165) is 24.9 Å². The molecule has 0 radical (unpaired) electrons. The van der Waals surface area contributed by atoms with Crippen LogP contribution < -0.4 is 4.90 Å². The number of aromatic nitrogens is 1. The van der Waals surface area contributed by atoms with Crippen molar-refractivity contribution in [2.45, 2.75) is 38.6 Å². The fraction of sp³-hybridized carbons (Fsp3) is 0.667. The van der Waals surface area contributed by atoms with Crippen LogP contribution in [0.3, 0.4) is 0 Å². The van der Waals surface area contributed by atoms with Gasteiger partial charge in [-0.25, -0.2) is 4.98 Å². The van der Waals surface area contributed by atoms with Gasteiger partial charge in [0, 0.05) is 31.9 Å². The van der Waals surface area contributed by atoms with Crippen molar-refractivity contribution in [3.8, 4) is 0 Å². The first-order chi connectivity index (χ1) is 8.74. The zero-order valence-electron chi connectivity index (χ0n) is 11.5. The summed E-state index contributed by atoms with van der Waals surface area (Å²) in [5.41, 5.74) is 1.33. The van der Waals surface area contributed by atoms with Crippen LogP contribution in [0.4, 0.5) is 5.82 Å². The molecule has 0 bridgehead atoms. The fourth-order valence-electron chi connectivity index (χ4n) is 3.13. The van der Waals surface area contributed by atoms with Crippen molar-refractivity contribution in [3.63, 3.8) is 0 Å². The molecule has 2 aliphatic rings. The summed E-state index contributed by atoms with van der Waals surface area (Å²) >= 11 is 0. The van der Waals surface area contributed by atoms with E-state index in [1.54, 1.807) is 0 Å². The maximum absolute atomic E-state index is 4.65. The maximum atomic E-state index is 4.65. The van der Waals surface area contributed by atoms with E-state index in [2.05, 4.69) is 40.8 Å². The summed E-state index contributed by atoms with van der Waals surface area (Å²) in [7, 11) is 0. The Balaban J connectivity index is 1.71. The first-order valence-electron chi connectivity index (χ1n) is 7.19. The van der Waals surface area contributed by atoms with Gasteiger partial charge in [-0.2, -0.15) is 0 Å². The normalized spacial score (nSPS) is 24.6. The maximum Gasteiger partial charge on any atom is 0.128 e. The monoisotopic (exact) mass is 245 g/mol. The Morgan fingerprint density at radius 2 is 2.11 bits per heavy atom. The summed E-state index contributed by atoms with van der Waals surface area (Å²) in [6.45, 7) is 9.23. The van der Waals surface area contributed by atoms with Gasteiger partial charge in [-0.15, -0.1) is 0 Å². The number of hydrogen-bond acceptors (Lipinski definition) is 3. The second kappa shape index (κ2) is 4.88. The molecule has 0 saturated carbocycles. The minimum Gasteiger partial charge on any atom is -0.354 e. The number of anilines is 1. The molecular formula is C15H23N3. The van der Waals surface area contributed by atoms with Gasteiger partial charge in [-0.1, -0.05) is 19.9 Å². The molecular weight excluding hydrogens is 222 g/mol. The Kier molecular flexibility index (Phi) is 3.25. The quantitative estimate of drug-likeness (QED) is 0.798. The average Bonchev–Trinajstić information content (AvgIpc) is 2.86. The van der Waals surface area contributed by atoms with Gasteiger partial charge < -0.3 is 4.90 Å². The molecule has 1 aromatic rings. The summed E-state index contributed by atoms with van der Waals surface area (Å²) in [5, 5.41) is 0. The molecule has 0 unspecified atom stereocenters. The van der Waals surface area contributed by atoms with E-state index in [4.69, 9.17) is 0 Å². The fourth-order valence-corrected chi connectivity index (χ4v) is 3.13. The summed E-state index contributed by atoms with van der Waals surface area (Å²) in [6.07, 6.45) is 4.78. The Labute approximate surface area is 110 Å². The van der Waals surface area contributed by atoms with E-state index in [-0.39, 0.29) is 0 Å². The number of rotatable bonds is 2. The number of nitrogens with zero attached hydrogens (tertiary/aromatic N) is 3. The second-order valence-electron chi connectivity index (χ2n) is 5.88. The standard InChI is InChI=1S/C15H23N3/c1-12(2)13-5-6-15(16-10-13)18-9-8-17-7-3-4-14(17)11-18/h5-6,10,12,14H,3-4,7-9,11H2,1-2H3/t14-/m1/s1. The molecule has 0 amide bonds. The van der Waals surface area contributed by atoms with Gasteiger partial charge in [0.25, 0.3) is 0 Å². The van der Waals surface area contributed by atoms with Crippen LogP contribution in [-0.4, -0.2) is 42.1 Å². The molecule has 0 N–H and O–H groups in total. The molecule has 1 atom stereocenters. The minimum absolute atomic E-state index is 0.568. The van der Waals surface area contributed by atoms with Crippen LogP contribution in [-0.2, 0) is 0 Å². The molecule has 0 aromatic carbocycles. The molecule has 3 nitrogen and oxygen atoms in total. The Hall–Kier alpha value is -1.09. The zero-order chi connectivity index (χ0) is 12.5. The van der Waals surface area contributed by atoms with Crippen molar-refractivity contribution in [1.29, 1.82) is 0 Å². The molecule has 2 fully saturated rings. The third-order valence-corrected chi connectivity index (χ3v) is 4.35. The van der Waals surface area contributed by atoms with Crippen LogP contribution in [0.5, 0.6) is 0 Å². The first kappa shape index (κ1) is 12.0. The van der Waals surface area contributed by atoms with Gasteiger partial charge in [-0.05, 0) is 36.9 Å². The van der Waals surface area contributed by atoms with E-state index >= 15 is 0 Å². The van der Waals surface area contributed by atoms with Crippen LogP contribution in [0.2, 0.25) is 0 Å². The van der Waals surface area contributed by atoms with Gasteiger partial charge in [0.15, 0.2) is 0 Å². The van der Waals surface area contributed by atoms with Crippen molar-refractivity contribution < 1.29 is 0 Å². The van der Waals surface area contributed by atoms with Crippen molar-refractivity contribution in [2.24, 2.45) is 0 Å². The van der Waals surface area contributed by atoms with Crippen LogP contribution in [0.25, 0.3) is 0 Å². The van der Waals surface area contributed by atoms with Gasteiger partial charge >= 0.3 is 0 Å². The predicted molar refractivity (Wildman–Crippen MR) is 75.1 cm³/mol. The van der Waals surface area contributed by atoms with Crippen molar-refractivity contribution >= 4 is 5.82 Å².